The number of aromatic nitrogens is 3. The SMILES string of the molecule is [C-]#[N+]C[C@H]1CN(c2nc(OC[C@H]3CCCN3C)nc3c(F)c(-c4cccc5cccc(Cl)c45)ncc23)CCN1C(=O)C(=C)F. The minimum Gasteiger partial charge on any atom is -0.462 e. The van der Waals surface area contributed by atoms with Crippen LogP contribution in [-0.4, -0.2) is 89.1 Å². The Hall–Kier alpha value is -4.40. The molecule has 2 saturated heterocycles. The lowest BCUT2D eigenvalue weighted by atomic mass is 10.0. The van der Waals surface area contributed by atoms with Gasteiger partial charge in [0, 0.05) is 47.8 Å². The van der Waals surface area contributed by atoms with Crippen molar-refractivity contribution in [1.29, 1.82) is 0 Å². The Labute approximate surface area is 258 Å². The lowest BCUT2D eigenvalue weighted by Gasteiger charge is -2.39. The smallest absolute Gasteiger partial charge is 0.319 e. The van der Waals surface area contributed by atoms with Gasteiger partial charge in [0.05, 0.1) is 5.39 Å². The number of hydrogen-bond acceptors (Lipinski definition) is 7. The van der Waals surface area contributed by atoms with Crippen LogP contribution in [-0.2, 0) is 4.79 Å². The third kappa shape index (κ3) is 5.51. The molecule has 0 aliphatic carbocycles. The van der Waals surface area contributed by atoms with Gasteiger partial charge in [-0.3, -0.25) is 9.78 Å². The monoisotopic (exact) mass is 617 g/mol. The molecule has 12 heteroatoms. The Morgan fingerprint density at radius 3 is 2.70 bits per heavy atom. The average molecular weight is 618 g/mol. The van der Waals surface area contributed by atoms with Crippen LogP contribution in [0.1, 0.15) is 12.8 Å². The highest BCUT2D eigenvalue weighted by Crippen LogP contribution is 2.37. The molecule has 0 bridgehead atoms. The number of anilines is 1. The number of rotatable bonds is 7. The fourth-order valence-electron chi connectivity index (χ4n) is 6.10. The van der Waals surface area contributed by atoms with E-state index in [2.05, 4.69) is 26.3 Å². The minimum absolute atomic E-state index is 0.0113. The van der Waals surface area contributed by atoms with Gasteiger partial charge in [-0.15, -0.1) is 0 Å². The second-order valence-corrected chi connectivity index (χ2v) is 11.5. The Kier molecular flexibility index (Phi) is 8.29. The summed E-state index contributed by atoms with van der Waals surface area (Å²) in [6.07, 6.45) is 3.55. The zero-order valence-electron chi connectivity index (χ0n) is 24.1. The third-order valence-corrected chi connectivity index (χ3v) is 8.72. The number of amides is 1. The molecule has 9 nitrogen and oxygen atoms in total. The molecule has 4 aromatic rings. The standard InChI is InChI=1S/C32H30ClF2N7O2/c1-19(34)31(43)42-14-13-41(17-22(42)15-36-2)30-24-16-37-28(23-10-4-7-20-8-5-11-25(33)26(20)23)27(35)29(24)38-32(39-30)44-18-21-9-6-12-40(21)3/h4-5,7-8,10-11,16,21-22H,1,6,9,12-15,17-18H2,3H3/t21-,22+/m1/s1. The van der Waals surface area contributed by atoms with Gasteiger partial charge in [0.1, 0.15) is 29.7 Å². The lowest BCUT2D eigenvalue weighted by Crippen LogP contribution is -2.56. The molecule has 4 heterocycles. The summed E-state index contributed by atoms with van der Waals surface area (Å²) >= 11 is 6.56. The molecule has 0 radical (unpaired) electrons. The molecule has 2 aliphatic rings. The highest BCUT2D eigenvalue weighted by molar-refractivity contribution is 6.36. The molecular formula is C32H30ClF2N7O2. The number of likely N-dealkylation sites (N-methyl/N-ethyl adjacent to an activating group) is 1. The van der Waals surface area contributed by atoms with Crippen LogP contribution in [0.5, 0.6) is 6.01 Å². The number of halogens is 3. The van der Waals surface area contributed by atoms with E-state index >= 15 is 4.39 Å². The highest BCUT2D eigenvalue weighted by Gasteiger charge is 2.35. The van der Waals surface area contributed by atoms with E-state index in [4.69, 9.17) is 27.9 Å². The number of piperazine rings is 1. The minimum atomic E-state index is -1.08. The first-order valence-corrected chi connectivity index (χ1v) is 14.7. The first kappa shape index (κ1) is 29.7. The van der Waals surface area contributed by atoms with Crippen molar-refractivity contribution < 1.29 is 18.3 Å². The van der Waals surface area contributed by atoms with Crippen molar-refractivity contribution in [2.24, 2.45) is 0 Å². The Morgan fingerprint density at radius 1 is 1.18 bits per heavy atom. The predicted octanol–water partition coefficient (Wildman–Crippen LogP) is 5.53. The van der Waals surface area contributed by atoms with Crippen LogP contribution >= 0.6 is 11.6 Å². The zero-order chi connectivity index (χ0) is 31.0. The molecular weight excluding hydrogens is 588 g/mol. The fourth-order valence-corrected chi connectivity index (χ4v) is 6.38. The van der Waals surface area contributed by atoms with Crippen LogP contribution < -0.4 is 9.64 Å². The Bertz CT molecular complexity index is 1810. The van der Waals surface area contributed by atoms with Gasteiger partial charge in [-0.2, -0.15) is 9.97 Å². The molecule has 2 aliphatic heterocycles. The first-order chi connectivity index (χ1) is 21.3. The summed E-state index contributed by atoms with van der Waals surface area (Å²) in [5.41, 5.74) is 0.639. The summed E-state index contributed by atoms with van der Waals surface area (Å²) < 4.78 is 36.4. The molecule has 6 rings (SSSR count). The van der Waals surface area contributed by atoms with E-state index in [1.165, 1.54) is 11.1 Å². The van der Waals surface area contributed by atoms with Crippen molar-refractivity contribution in [2.45, 2.75) is 24.9 Å². The van der Waals surface area contributed by atoms with E-state index < -0.39 is 23.6 Å². The lowest BCUT2D eigenvalue weighted by molar-refractivity contribution is -0.131. The van der Waals surface area contributed by atoms with E-state index in [-0.39, 0.29) is 49.4 Å². The number of pyridine rings is 1. The zero-order valence-corrected chi connectivity index (χ0v) is 24.9. The van der Waals surface area contributed by atoms with Crippen LogP contribution in [0.25, 0.3) is 37.8 Å². The molecule has 0 saturated carbocycles. The van der Waals surface area contributed by atoms with Crippen LogP contribution in [0.4, 0.5) is 14.6 Å². The Balaban J connectivity index is 1.45. The van der Waals surface area contributed by atoms with Crippen molar-refractivity contribution >= 4 is 45.0 Å². The largest absolute Gasteiger partial charge is 0.462 e. The second-order valence-electron chi connectivity index (χ2n) is 11.1. The van der Waals surface area contributed by atoms with Gasteiger partial charge >= 0.3 is 6.01 Å². The van der Waals surface area contributed by atoms with Gasteiger partial charge < -0.3 is 24.3 Å². The number of fused-ring (bicyclic) bond motifs is 2. The summed E-state index contributed by atoms with van der Waals surface area (Å²) in [6, 6.07) is 10.5. The second kappa shape index (κ2) is 12.3. The first-order valence-electron chi connectivity index (χ1n) is 14.4. The quantitative estimate of drug-likeness (QED) is 0.199. The molecule has 2 fully saturated rings. The van der Waals surface area contributed by atoms with E-state index in [9.17, 15) is 9.18 Å². The molecule has 0 spiro atoms. The molecule has 2 atom stereocenters. The van der Waals surface area contributed by atoms with Crippen LogP contribution in [0.2, 0.25) is 5.02 Å². The number of benzene rings is 2. The molecule has 226 valence electrons. The maximum Gasteiger partial charge on any atom is 0.319 e. The predicted molar refractivity (Wildman–Crippen MR) is 166 cm³/mol. The van der Waals surface area contributed by atoms with E-state index in [0.29, 0.717) is 33.8 Å². The van der Waals surface area contributed by atoms with E-state index in [1.54, 1.807) is 12.1 Å². The van der Waals surface area contributed by atoms with Gasteiger partial charge in [-0.05, 0) is 37.9 Å². The summed E-state index contributed by atoms with van der Waals surface area (Å²) in [5.74, 6) is -2.22. The number of hydrogen-bond donors (Lipinski definition) is 0. The molecule has 0 N–H and O–H groups in total. The summed E-state index contributed by atoms with van der Waals surface area (Å²) in [4.78, 5) is 35.1. The Morgan fingerprint density at radius 2 is 1.98 bits per heavy atom. The maximum atomic E-state index is 16.6. The summed E-state index contributed by atoms with van der Waals surface area (Å²) in [7, 11) is 2.03. The summed E-state index contributed by atoms with van der Waals surface area (Å²) in [5, 5.41) is 2.34. The molecule has 2 aromatic heterocycles. The molecule has 1 amide bonds. The van der Waals surface area contributed by atoms with Crippen LogP contribution in [0, 0.1) is 12.4 Å². The number of likely N-dealkylation sites (tertiary alicyclic amines) is 1. The van der Waals surface area contributed by atoms with E-state index in [0.717, 1.165) is 24.8 Å². The number of nitrogens with zero attached hydrogens (tertiary/aromatic N) is 7. The number of ether oxygens (including phenoxy) is 1. The molecule has 0 unspecified atom stereocenters. The van der Waals surface area contributed by atoms with Crippen molar-refractivity contribution in [3.63, 3.8) is 0 Å². The average Bonchev–Trinajstić information content (AvgIpc) is 3.44. The van der Waals surface area contributed by atoms with Crippen molar-refractivity contribution in [1.82, 2.24) is 24.8 Å². The normalized spacial score (nSPS) is 19.0. The van der Waals surface area contributed by atoms with Gasteiger partial charge in [-0.1, -0.05) is 48.5 Å². The van der Waals surface area contributed by atoms with Crippen molar-refractivity contribution in [2.75, 3.05) is 51.3 Å². The van der Waals surface area contributed by atoms with Gasteiger partial charge in [0.2, 0.25) is 6.54 Å². The summed E-state index contributed by atoms with van der Waals surface area (Å²) in [6.45, 7) is 12.3. The topological polar surface area (TPSA) is 79.1 Å². The van der Waals surface area contributed by atoms with E-state index in [1.807, 2.05) is 36.2 Å². The van der Waals surface area contributed by atoms with Crippen molar-refractivity contribution in [3.05, 3.63) is 77.3 Å². The highest BCUT2D eigenvalue weighted by atomic mass is 35.5. The number of carbonyl (C=O) groups excluding carboxylic acids is 1. The third-order valence-electron chi connectivity index (χ3n) is 8.41. The van der Waals surface area contributed by atoms with Gasteiger partial charge in [0.15, 0.2) is 11.6 Å². The van der Waals surface area contributed by atoms with Gasteiger partial charge in [-0.25, -0.2) is 15.4 Å². The molecule has 2 aromatic carbocycles. The number of carbonyl (C=O) groups is 1. The van der Waals surface area contributed by atoms with Crippen molar-refractivity contribution in [3.8, 4) is 17.3 Å². The molecule has 44 heavy (non-hydrogen) atoms. The maximum absolute atomic E-state index is 16.6. The fraction of sp³-hybridized carbons (Fsp3) is 0.344. The van der Waals surface area contributed by atoms with Crippen LogP contribution in [0.3, 0.4) is 0 Å². The van der Waals surface area contributed by atoms with Gasteiger partial charge in [0.25, 0.3) is 5.91 Å². The van der Waals surface area contributed by atoms with Crippen LogP contribution in [0.15, 0.2) is 55.0 Å².